The highest BCUT2D eigenvalue weighted by atomic mass is 16.3. The highest BCUT2D eigenvalue weighted by Crippen LogP contribution is 2.38. The number of piperazine rings is 1. The van der Waals surface area contributed by atoms with Crippen LogP contribution in [-0.4, -0.2) is 67.9 Å². The fourth-order valence-electron chi connectivity index (χ4n) is 5.34. The number of phenolic OH excluding ortho intramolecular Hbond substituents is 1. The number of fused-ring (bicyclic) bond motifs is 2. The number of carbonyl (C=O) groups is 1. The van der Waals surface area contributed by atoms with Crippen LogP contribution >= 0.6 is 0 Å². The normalized spacial score (nSPS) is 17.7. The predicted octanol–water partition coefficient (Wildman–Crippen LogP) is 2.26. The summed E-state index contributed by atoms with van der Waals surface area (Å²) in [5.41, 5.74) is 8.75. The number of hydrogen-bond acceptors (Lipinski definition) is 10. The second-order valence-corrected chi connectivity index (χ2v) is 9.68. The Morgan fingerprint density at radius 3 is 2.67 bits per heavy atom. The molecule has 2 bridgehead atoms. The second kappa shape index (κ2) is 10.9. The van der Waals surface area contributed by atoms with Gasteiger partial charge in [-0.3, -0.25) is 9.78 Å². The summed E-state index contributed by atoms with van der Waals surface area (Å²) in [5.74, 6) is 7.41. The summed E-state index contributed by atoms with van der Waals surface area (Å²) in [6.07, 6.45) is 6.90. The SMILES string of the molecule is Nc1nnc(-c2ccccc2O)cc1N1CC2CCC(C1)N2c1ccnc(C#CCNC(=O)c2cccnc2)n1. The van der Waals surface area contributed by atoms with Gasteiger partial charge in [0, 0.05) is 49.3 Å². The Morgan fingerprint density at radius 2 is 1.90 bits per heavy atom. The number of benzene rings is 1. The zero-order valence-corrected chi connectivity index (χ0v) is 21.6. The number of anilines is 3. The molecule has 2 fully saturated rings. The molecule has 6 rings (SSSR count). The molecule has 0 saturated carbocycles. The number of nitrogens with one attached hydrogen (secondary N) is 1. The van der Waals surface area contributed by atoms with Gasteiger partial charge in [-0.15, -0.1) is 10.2 Å². The Bertz CT molecular complexity index is 1590. The quantitative estimate of drug-likeness (QED) is 0.327. The van der Waals surface area contributed by atoms with Crippen molar-refractivity contribution in [1.82, 2.24) is 30.5 Å². The Kier molecular flexibility index (Phi) is 6.80. The first-order valence-corrected chi connectivity index (χ1v) is 13.0. The van der Waals surface area contributed by atoms with Gasteiger partial charge in [0.05, 0.1) is 23.5 Å². The van der Waals surface area contributed by atoms with Crippen molar-refractivity contribution in [3.63, 3.8) is 0 Å². The maximum atomic E-state index is 12.2. The fraction of sp³-hybridized carbons (Fsp3) is 0.241. The molecule has 0 radical (unpaired) electrons. The van der Waals surface area contributed by atoms with Crippen molar-refractivity contribution in [3.05, 3.63) is 78.5 Å². The smallest absolute Gasteiger partial charge is 0.253 e. The third-order valence-corrected chi connectivity index (χ3v) is 7.17. The van der Waals surface area contributed by atoms with E-state index < -0.39 is 0 Å². The molecule has 40 heavy (non-hydrogen) atoms. The summed E-state index contributed by atoms with van der Waals surface area (Å²) in [4.78, 5) is 29.7. The lowest BCUT2D eigenvalue weighted by molar-refractivity contribution is 0.0958. The summed E-state index contributed by atoms with van der Waals surface area (Å²) in [7, 11) is 0. The van der Waals surface area contributed by atoms with Crippen LogP contribution in [0.2, 0.25) is 0 Å². The Morgan fingerprint density at radius 1 is 1.07 bits per heavy atom. The molecule has 4 N–H and O–H groups in total. The van der Waals surface area contributed by atoms with Crippen molar-refractivity contribution in [3.8, 4) is 28.8 Å². The number of nitrogens with zero attached hydrogens (tertiary/aromatic N) is 7. The molecule has 1 amide bonds. The van der Waals surface area contributed by atoms with Crippen LogP contribution in [0.15, 0.2) is 67.1 Å². The van der Waals surface area contributed by atoms with Gasteiger partial charge in [0.1, 0.15) is 11.6 Å². The summed E-state index contributed by atoms with van der Waals surface area (Å²) >= 11 is 0. The number of nitrogen functional groups attached to an aromatic ring is 1. The van der Waals surface area contributed by atoms with Crippen LogP contribution in [0, 0.1) is 11.8 Å². The lowest BCUT2D eigenvalue weighted by Gasteiger charge is -2.42. The van der Waals surface area contributed by atoms with Gasteiger partial charge in [0.15, 0.2) is 5.82 Å². The van der Waals surface area contributed by atoms with Gasteiger partial charge in [-0.2, -0.15) is 0 Å². The number of phenols is 1. The van der Waals surface area contributed by atoms with E-state index in [0.29, 0.717) is 28.5 Å². The van der Waals surface area contributed by atoms with Gasteiger partial charge >= 0.3 is 0 Å². The zero-order valence-electron chi connectivity index (χ0n) is 21.6. The average Bonchev–Trinajstić information content (AvgIpc) is 3.25. The summed E-state index contributed by atoms with van der Waals surface area (Å²) < 4.78 is 0. The number of aromatic hydroxyl groups is 1. The molecule has 11 heteroatoms. The van der Waals surface area contributed by atoms with Crippen LogP contribution in [-0.2, 0) is 0 Å². The van der Waals surface area contributed by atoms with Crippen LogP contribution in [0.3, 0.4) is 0 Å². The van der Waals surface area contributed by atoms with Crippen molar-refractivity contribution < 1.29 is 9.90 Å². The van der Waals surface area contributed by atoms with E-state index in [-0.39, 0.29) is 30.3 Å². The van der Waals surface area contributed by atoms with E-state index >= 15 is 0 Å². The van der Waals surface area contributed by atoms with Crippen LogP contribution in [0.4, 0.5) is 17.3 Å². The van der Waals surface area contributed by atoms with E-state index in [1.807, 2.05) is 24.3 Å². The first-order valence-electron chi connectivity index (χ1n) is 13.0. The summed E-state index contributed by atoms with van der Waals surface area (Å²) in [5, 5.41) is 21.5. The van der Waals surface area contributed by atoms with Crippen LogP contribution < -0.4 is 20.9 Å². The largest absolute Gasteiger partial charge is 0.507 e. The number of pyridine rings is 1. The monoisotopic (exact) mass is 533 g/mol. The molecule has 2 atom stereocenters. The van der Waals surface area contributed by atoms with Gasteiger partial charge in [-0.25, -0.2) is 9.97 Å². The molecular weight excluding hydrogens is 506 g/mol. The Labute approximate surface area is 231 Å². The zero-order chi connectivity index (χ0) is 27.5. The van der Waals surface area contributed by atoms with Gasteiger partial charge in [-0.1, -0.05) is 18.1 Å². The molecule has 4 aromatic rings. The second-order valence-electron chi connectivity index (χ2n) is 9.68. The van der Waals surface area contributed by atoms with Crippen molar-refractivity contribution in [2.24, 2.45) is 0 Å². The van der Waals surface area contributed by atoms with Gasteiger partial charge in [0.2, 0.25) is 5.82 Å². The van der Waals surface area contributed by atoms with Crippen LogP contribution in [0.5, 0.6) is 5.75 Å². The number of aromatic nitrogens is 5. The highest BCUT2D eigenvalue weighted by molar-refractivity contribution is 5.93. The number of para-hydroxylation sites is 1. The first kappa shape index (κ1) is 25.1. The molecule has 11 nitrogen and oxygen atoms in total. The van der Waals surface area contributed by atoms with Crippen molar-refractivity contribution >= 4 is 23.2 Å². The van der Waals surface area contributed by atoms with Gasteiger partial charge in [0.25, 0.3) is 5.91 Å². The van der Waals surface area contributed by atoms with Crippen LogP contribution in [0.1, 0.15) is 29.0 Å². The van der Waals surface area contributed by atoms with E-state index in [4.69, 9.17) is 10.7 Å². The lowest BCUT2D eigenvalue weighted by Crippen LogP contribution is -2.54. The third-order valence-electron chi connectivity index (χ3n) is 7.17. The summed E-state index contributed by atoms with van der Waals surface area (Å²) in [6, 6.07) is 14.7. The van der Waals surface area contributed by atoms with Crippen molar-refractivity contribution in [2.75, 3.05) is 35.2 Å². The Balaban J connectivity index is 1.15. The summed E-state index contributed by atoms with van der Waals surface area (Å²) in [6.45, 7) is 1.67. The van der Waals surface area contributed by atoms with Gasteiger partial charge < -0.3 is 26.0 Å². The predicted molar refractivity (Wildman–Crippen MR) is 151 cm³/mol. The fourth-order valence-corrected chi connectivity index (χ4v) is 5.34. The molecule has 2 unspecified atom stereocenters. The molecule has 2 saturated heterocycles. The number of hydrogen-bond donors (Lipinski definition) is 3. The van der Waals surface area contributed by atoms with E-state index in [9.17, 15) is 9.90 Å². The molecule has 200 valence electrons. The molecule has 1 aromatic carbocycles. The van der Waals surface area contributed by atoms with E-state index in [0.717, 1.165) is 37.4 Å². The third kappa shape index (κ3) is 5.07. The molecule has 0 aliphatic carbocycles. The number of carbonyl (C=O) groups excluding carboxylic acids is 1. The number of amides is 1. The van der Waals surface area contributed by atoms with Crippen LogP contribution in [0.25, 0.3) is 11.3 Å². The molecule has 2 aliphatic rings. The first-order chi connectivity index (χ1) is 19.6. The van der Waals surface area contributed by atoms with Crippen molar-refractivity contribution in [1.29, 1.82) is 0 Å². The maximum absolute atomic E-state index is 12.2. The van der Waals surface area contributed by atoms with Crippen molar-refractivity contribution in [2.45, 2.75) is 24.9 Å². The number of nitrogens with two attached hydrogens (primary N) is 1. The minimum Gasteiger partial charge on any atom is -0.507 e. The maximum Gasteiger partial charge on any atom is 0.253 e. The lowest BCUT2D eigenvalue weighted by atomic mass is 10.1. The average molecular weight is 534 g/mol. The molecule has 2 aliphatic heterocycles. The minimum atomic E-state index is -0.232. The topological polar surface area (TPSA) is 146 Å². The Hall–Kier alpha value is -5.24. The molecule has 5 heterocycles. The minimum absolute atomic E-state index is 0.149. The van der Waals surface area contributed by atoms with E-state index in [1.165, 1.54) is 6.20 Å². The van der Waals surface area contributed by atoms with E-state index in [2.05, 4.69) is 47.1 Å². The standard InChI is InChI=1S/C29H27N9O2/c30-28-24(15-23(35-36-28)22-6-1-2-7-25(22)39)37-17-20-9-10-21(18-37)38(20)27-11-14-32-26(34-27)8-4-13-33-29(40)19-5-3-12-31-16-19/h1-3,5-7,11-12,14-16,20-21,39H,9-10,13,17-18H2,(H2,30,36)(H,33,40). The molecule has 0 spiro atoms. The highest BCUT2D eigenvalue weighted by Gasteiger charge is 2.41. The number of rotatable bonds is 5. The molecule has 3 aromatic heterocycles. The van der Waals surface area contributed by atoms with E-state index in [1.54, 1.807) is 36.7 Å². The molecular formula is C29H27N9O2. The van der Waals surface area contributed by atoms with Gasteiger partial charge in [-0.05, 0) is 55.2 Å².